The molecular weight excluding hydrogens is 358 g/mol. The molecule has 0 radical (unpaired) electrons. The number of nitrogens with one attached hydrogen (secondary N) is 2. The number of hydrogen-bond acceptors (Lipinski definition) is 4. The summed E-state index contributed by atoms with van der Waals surface area (Å²) >= 11 is 1.54. The molecule has 5 nitrogen and oxygen atoms in total. The summed E-state index contributed by atoms with van der Waals surface area (Å²) in [6.07, 6.45) is 3.25. The standard InChI is InChI=1S/C18H27N3O2S.ClH/c1-13(14-5-4-9-20-12-14)11-18(23)21-15-6-2-3-7-16(15)24-10-8-17(19)22;/h2-3,6-7,13-14,20H,4-5,8-12H2,1H3,(H2,19,22)(H,21,23);1H. The minimum atomic E-state index is -0.307. The molecule has 1 aliphatic heterocycles. The predicted molar refractivity (Wildman–Crippen MR) is 106 cm³/mol. The fourth-order valence-corrected chi connectivity index (χ4v) is 3.95. The third-order valence-electron chi connectivity index (χ3n) is 4.41. The normalized spacial score (nSPS) is 18.0. The van der Waals surface area contributed by atoms with Gasteiger partial charge in [-0.15, -0.1) is 24.2 Å². The summed E-state index contributed by atoms with van der Waals surface area (Å²) in [4.78, 5) is 24.2. The van der Waals surface area contributed by atoms with E-state index in [2.05, 4.69) is 17.6 Å². The molecule has 2 unspecified atom stereocenters. The molecule has 1 heterocycles. The molecule has 1 aromatic rings. The molecular formula is C18H28ClN3O2S. The number of amides is 2. The van der Waals surface area contributed by atoms with Crippen molar-refractivity contribution < 1.29 is 9.59 Å². The number of anilines is 1. The summed E-state index contributed by atoms with van der Waals surface area (Å²) in [5.74, 6) is 1.30. The molecule has 1 saturated heterocycles. The highest BCUT2D eigenvalue weighted by Gasteiger charge is 2.22. The van der Waals surface area contributed by atoms with E-state index in [0.717, 1.165) is 23.7 Å². The largest absolute Gasteiger partial charge is 0.370 e. The highest BCUT2D eigenvalue weighted by molar-refractivity contribution is 7.99. The van der Waals surface area contributed by atoms with Gasteiger partial charge in [-0.3, -0.25) is 9.59 Å². The first-order valence-corrected chi connectivity index (χ1v) is 9.55. The van der Waals surface area contributed by atoms with Gasteiger partial charge in [-0.05, 0) is 49.9 Å². The number of carbonyl (C=O) groups is 2. The fraction of sp³-hybridized carbons (Fsp3) is 0.556. The molecule has 4 N–H and O–H groups in total. The van der Waals surface area contributed by atoms with E-state index < -0.39 is 0 Å². The van der Waals surface area contributed by atoms with Gasteiger partial charge in [0.1, 0.15) is 0 Å². The summed E-state index contributed by atoms with van der Waals surface area (Å²) in [6.45, 7) is 4.25. The number of rotatable bonds is 8. The van der Waals surface area contributed by atoms with Crippen LogP contribution in [0.25, 0.3) is 0 Å². The third-order valence-corrected chi connectivity index (χ3v) is 5.49. The third kappa shape index (κ3) is 7.67. The minimum absolute atomic E-state index is 0. The van der Waals surface area contributed by atoms with Crippen LogP contribution < -0.4 is 16.4 Å². The molecule has 0 aliphatic carbocycles. The van der Waals surface area contributed by atoms with Gasteiger partial charge in [0.2, 0.25) is 11.8 Å². The van der Waals surface area contributed by atoms with Crippen molar-refractivity contribution in [3.05, 3.63) is 24.3 Å². The Bertz CT molecular complexity index is 565. The molecule has 2 rings (SSSR count). The van der Waals surface area contributed by atoms with Gasteiger partial charge in [0.25, 0.3) is 0 Å². The fourth-order valence-electron chi connectivity index (χ4n) is 2.98. The van der Waals surface area contributed by atoms with Gasteiger partial charge in [0.05, 0.1) is 5.69 Å². The van der Waals surface area contributed by atoms with Crippen LogP contribution in [-0.4, -0.2) is 30.7 Å². The van der Waals surface area contributed by atoms with Crippen molar-refractivity contribution >= 4 is 41.7 Å². The molecule has 1 aliphatic rings. The van der Waals surface area contributed by atoms with E-state index in [9.17, 15) is 9.59 Å². The minimum Gasteiger partial charge on any atom is -0.370 e. The van der Waals surface area contributed by atoms with E-state index in [0.29, 0.717) is 30.4 Å². The van der Waals surface area contributed by atoms with Crippen LogP contribution in [0.2, 0.25) is 0 Å². The Kier molecular flexibility index (Phi) is 9.93. The van der Waals surface area contributed by atoms with Gasteiger partial charge in [-0.2, -0.15) is 0 Å². The lowest BCUT2D eigenvalue weighted by Crippen LogP contribution is -2.34. The number of halogens is 1. The van der Waals surface area contributed by atoms with E-state index in [1.807, 2.05) is 24.3 Å². The van der Waals surface area contributed by atoms with Gasteiger partial charge in [-0.25, -0.2) is 0 Å². The Labute approximate surface area is 160 Å². The maximum absolute atomic E-state index is 12.4. The van der Waals surface area contributed by atoms with Crippen LogP contribution in [0.5, 0.6) is 0 Å². The van der Waals surface area contributed by atoms with E-state index >= 15 is 0 Å². The molecule has 1 aromatic carbocycles. The molecule has 25 heavy (non-hydrogen) atoms. The second kappa shape index (κ2) is 11.4. The average Bonchev–Trinajstić information content (AvgIpc) is 2.57. The first kappa shape index (κ1) is 21.8. The Morgan fingerprint density at radius 3 is 2.84 bits per heavy atom. The second-order valence-electron chi connectivity index (χ2n) is 6.40. The number of para-hydroxylation sites is 1. The van der Waals surface area contributed by atoms with Gasteiger partial charge in [-0.1, -0.05) is 19.1 Å². The van der Waals surface area contributed by atoms with Gasteiger partial charge >= 0.3 is 0 Å². The lowest BCUT2D eigenvalue weighted by atomic mass is 9.85. The lowest BCUT2D eigenvalue weighted by molar-refractivity contribution is -0.118. The van der Waals surface area contributed by atoms with Crippen LogP contribution in [0.1, 0.15) is 32.6 Å². The molecule has 2 amide bonds. The zero-order valence-electron chi connectivity index (χ0n) is 14.6. The van der Waals surface area contributed by atoms with Crippen LogP contribution in [0, 0.1) is 11.8 Å². The number of thioether (sulfide) groups is 1. The van der Waals surface area contributed by atoms with Crippen LogP contribution in [0.4, 0.5) is 5.69 Å². The molecule has 0 bridgehead atoms. The first-order valence-electron chi connectivity index (χ1n) is 8.57. The maximum Gasteiger partial charge on any atom is 0.224 e. The van der Waals surface area contributed by atoms with Crippen LogP contribution >= 0.6 is 24.2 Å². The Morgan fingerprint density at radius 1 is 1.40 bits per heavy atom. The zero-order valence-corrected chi connectivity index (χ0v) is 16.3. The van der Waals surface area contributed by atoms with Crippen molar-refractivity contribution in [2.24, 2.45) is 17.6 Å². The topological polar surface area (TPSA) is 84.2 Å². The first-order chi connectivity index (χ1) is 11.6. The van der Waals surface area contributed by atoms with Crippen molar-refractivity contribution in [1.82, 2.24) is 5.32 Å². The zero-order chi connectivity index (χ0) is 17.4. The van der Waals surface area contributed by atoms with Gasteiger partial charge < -0.3 is 16.4 Å². The highest BCUT2D eigenvalue weighted by Crippen LogP contribution is 2.28. The molecule has 0 spiro atoms. The average molecular weight is 386 g/mol. The molecule has 140 valence electrons. The number of piperidine rings is 1. The Balaban J connectivity index is 0.00000312. The van der Waals surface area contributed by atoms with Gasteiger partial charge in [0.15, 0.2) is 0 Å². The summed E-state index contributed by atoms with van der Waals surface area (Å²) < 4.78 is 0. The Morgan fingerprint density at radius 2 is 2.16 bits per heavy atom. The van der Waals surface area contributed by atoms with Crippen LogP contribution in [0.3, 0.4) is 0 Å². The van der Waals surface area contributed by atoms with E-state index in [1.54, 1.807) is 0 Å². The number of primary amides is 1. The maximum atomic E-state index is 12.4. The highest BCUT2D eigenvalue weighted by atomic mass is 35.5. The number of nitrogens with two attached hydrogens (primary N) is 1. The summed E-state index contributed by atoms with van der Waals surface area (Å²) in [6, 6.07) is 7.69. The lowest BCUT2D eigenvalue weighted by Gasteiger charge is -2.28. The molecule has 2 atom stereocenters. The second-order valence-corrected chi connectivity index (χ2v) is 7.53. The van der Waals surface area contributed by atoms with Crippen LogP contribution in [-0.2, 0) is 9.59 Å². The molecule has 1 fully saturated rings. The smallest absolute Gasteiger partial charge is 0.224 e. The van der Waals surface area contributed by atoms with Crippen molar-refractivity contribution in [3.63, 3.8) is 0 Å². The SMILES string of the molecule is CC(CC(=O)Nc1ccccc1SCCC(N)=O)C1CCCNC1.Cl. The Hall–Kier alpha value is -1.24. The van der Waals surface area contributed by atoms with Crippen molar-refractivity contribution in [2.45, 2.75) is 37.5 Å². The molecule has 0 saturated carbocycles. The van der Waals surface area contributed by atoms with Crippen LogP contribution in [0.15, 0.2) is 29.2 Å². The predicted octanol–water partition coefficient (Wildman–Crippen LogP) is 3.04. The summed E-state index contributed by atoms with van der Waals surface area (Å²) in [7, 11) is 0. The van der Waals surface area contributed by atoms with Crippen molar-refractivity contribution in [1.29, 1.82) is 0 Å². The van der Waals surface area contributed by atoms with E-state index in [4.69, 9.17) is 5.73 Å². The van der Waals surface area contributed by atoms with E-state index in [1.165, 1.54) is 24.6 Å². The summed E-state index contributed by atoms with van der Waals surface area (Å²) in [5, 5.41) is 6.43. The number of benzene rings is 1. The quantitative estimate of drug-likeness (QED) is 0.600. The molecule has 7 heteroatoms. The molecule has 0 aromatic heterocycles. The van der Waals surface area contributed by atoms with Crippen molar-refractivity contribution in [3.8, 4) is 0 Å². The number of hydrogen-bond donors (Lipinski definition) is 3. The number of carbonyl (C=O) groups excluding carboxylic acids is 2. The summed E-state index contributed by atoms with van der Waals surface area (Å²) in [5.41, 5.74) is 5.98. The van der Waals surface area contributed by atoms with E-state index in [-0.39, 0.29) is 24.2 Å². The monoisotopic (exact) mass is 385 g/mol. The van der Waals surface area contributed by atoms with Crippen molar-refractivity contribution in [2.75, 3.05) is 24.2 Å². The van der Waals surface area contributed by atoms with Gasteiger partial charge in [0, 0.05) is 23.5 Å².